The van der Waals surface area contributed by atoms with E-state index in [0.717, 1.165) is 12.0 Å². The predicted octanol–water partition coefficient (Wildman–Crippen LogP) is 4.47. The molecule has 1 amide bonds. The summed E-state index contributed by atoms with van der Waals surface area (Å²) in [6.07, 6.45) is 0.799. The topological polar surface area (TPSA) is 38.3 Å². The van der Waals surface area contributed by atoms with Gasteiger partial charge >= 0.3 is 0 Å². The van der Waals surface area contributed by atoms with Gasteiger partial charge in [-0.2, -0.15) is 0 Å². The van der Waals surface area contributed by atoms with Crippen LogP contribution in [0.2, 0.25) is 10.0 Å². The summed E-state index contributed by atoms with van der Waals surface area (Å²) < 4.78 is 5.14. The molecular formula is C19H21Cl2NO2. The molecule has 2 aromatic carbocycles. The van der Waals surface area contributed by atoms with Gasteiger partial charge in [0, 0.05) is 29.1 Å². The molecule has 128 valence electrons. The fourth-order valence-corrected chi connectivity index (χ4v) is 2.68. The Morgan fingerprint density at radius 1 is 1.04 bits per heavy atom. The summed E-state index contributed by atoms with van der Waals surface area (Å²) in [7, 11) is 0. The highest BCUT2D eigenvalue weighted by molar-refractivity contribution is 6.30. The molecule has 0 bridgehead atoms. The number of nitrogens with one attached hydrogen (secondary N) is 1. The lowest BCUT2D eigenvalue weighted by Gasteiger charge is -2.19. The number of rotatable bonds is 8. The number of hydrogen-bond donors (Lipinski definition) is 1. The molecule has 1 N–H and O–H groups in total. The summed E-state index contributed by atoms with van der Waals surface area (Å²) in [5, 5.41) is 4.35. The molecule has 0 aromatic heterocycles. The van der Waals surface area contributed by atoms with Crippen LogP contribution < -0.4 is 5.32 Å². The first-order chi connectivity index (χ1) is 11.6. The van der Waals surface area contributed by atoms with Crippen molar-refractivity contribution in [2.75, 3.05) is 19.8 Å². The van der Waals surface area contributed by atoms with Crippen molar-refractivity contribution < 1.29 is 9.53 Å². The van der Waals surface area contributed by atoms with Gasteiger partial charge in [-0.25, -0.2) is 0 Å². The Kier molecular flexibility index (Phi) is 7.57. The summed E-state index contributed by atoms with van der Waals surface area (Å²) in [5.41, 5.74) is 2.30. The minimum atomic E-state index is -0.105. The standard InChI is InChI=1S/C19H21Cl2NO2/c1-2-24-13-19(23)22-12-16(15-5-9-18(21)10-6-15)11-14-3-7-17(20)8-4-14/h3-10,16H,2,11-13H2,1H3,(H,22,23)/t16-/m0/s1. The molecule has 0 radical (unpaired) electrons. The van der Waals surface area contributed by atoms with Crippen LogP contribution in [-0.4, -0.2) is 25.7 Å². The van der Waals surface area contributed by atoms with Crippen LogP contribution in [0.25, 0.3) is 0 Å². The third-order valence-electron chi connectivity index (χ3n) is 3.72. The monoisotopic (exact) mass is 365 g/mol. The van der Waals surface area contributed by atoms with E-state index in [-0.39, 0.29) is 18.4 Å². The second-order valence-corrected chi connectivity index (χ2v) is 6.39. The van der Waals surface area contributed by atoms with Crippen LogP contribution in [0, 0.1) is 0 Å². The van der Waals surface area contributed by atoms with Gasteiger partial charge in [0.1, 0.15) is 6.61 Å². The minimum absolute atomic E-state index is 0.0881. The highest BCUT2D eigenvalue weighted by Crippen LogP contribution is 2.23. The molecule has 2 rings (SSSR count). The Hall–Kier alpha value is -1.55. The van der Waals surface area contributed by atoms with Gasteiger partial charge < -0.3 is 10.1 Å². The third-order valence-corrected chi connectivity index (χ3v) is 4.22. The van der Waals surface area contributed by atoms with Crippen molar-refractivity contribution in [1.29, 1.82) is 0 Å². The van der Waals surface area contributed by atoms with Gasteiger partial charge in [0.25, 0.3) is 0 Å². The molecule has 0 aliphatic carbocycles. The highest BCUT2D eigenvalue weighted by Gasteiger charge is 2.14. The average molecular weight is 366 g/mol. The van der Waals surface area contributed by atoms with Crippen molar-refractivity contribution in [3.8, 4) is 0 Å². The van der Waals surface area contributed by atoms with Gasteiger partial charge in [-0.1, -0.05) is 47.5 Å². The van der Waals surface area contributed by atoms with Gasteiger partial charge in [0.2, 0.25) is 5.91 Å². The zero-order valence-corrected chi connectivity index (χ0v) is 15.1. The predicted molar refractivity (Wildman–Crippen MR) is 98.9 cm³/mol. The molecule has 2 aromatic rings. The molecule has 0 aliphatic heterocycles. The van der Waals surface area contributed by atoms with Gasteiger partial charge in [-0.05, 0) is 48.7 Å². The summed E-state index contributed by atoms with van der Waals surface area (Å²) in [5.74, 6) is 0.0425. The van der Waals surface area contributed by atoms with Crippen molar-refractivity contribution >= 4 is 29.1 Å². The van der Waals surface area contributed by atoms with E-state index in [2.05, 4.69) is 5.32 Å². The number of benzene rings is 2. The lowest BCUT2D eigenvalue weighted by Crippen LogP contribution is -2.32. The van der Waals surface area contributed by atoms with E-state index in [1.165, 1.54) is 5.56 Å². The largest absolute Gasteiger partial charge is 0.372 e. The first kappa shape index (κ1) is 18.8. The molecule has 0 saturated carbocycles. The van der Waals surface area contributed by atoms with Gasteiger partial charge in [-0.15, -0.1) is 0 Å². The van der Waals surface area contributed by atoms with E-state index in [9.17, 15) is 4.79 Å². The molecule has 0 spiro atoms. The molecule has 0 heterocycles. The Labute approximate surface area is 152 Å². The van der Waals surface area contributed by atoms with Crippen molar-refractivity contribution in [3.05, 3.63) is 69.7 Å². The summed E-state index contributed by atoms with van der Waals surface area (Å²) in [6, 6.07) is 15.5. The van der Waals surface area contributed by atoms with Gasteiger partial charge in [0.15, 0.2) is 0 Å². The second-order valence-electron chi connectivity index (χ2n) is 5.52. The minimum Gasteiger partial charge on any atom is -0.372 e. The zero-order valence-electron chi connectivity index (χ0n) is 13.6. The molecule has 3 nitrogen and oxygen atoms in total. The average Bonchev–Trinajstić information content (AvgIpc) is 2.59. The van der Waals surface area contributed by atoms with Crippen molar-refractivity contribution in [2.24, 2.45) is 0 Å². The normalized spacial score (nSPS) is 12.0. The van der Waals surface area contributed by atoms with Crippen LogP contribution in [0.5, 0.6) is 0 Å². The summed E-state index contributed by atoms with van der Waals surface area (Å²) in [4.78, 5) is 11.8. The Morgan fingerprint density at radius 2 is 1.62 bits per heavy atom. The van der Waals surface area contributed by atoms with Crippen molar-refractivity contribution in [1.82, 2.24) is 5.32 Å². The summed E-state index contributed by atoms with van der Waals surface area (Å²) >= 11 is 11.9. The fourth-order valence-electron chi connectivity index (χ4n) is 2.43. The second kappa shape index (κ2) is 9.67. The van der Waals surface area contributed by atoms with E-state index >= 15 is 0 Å². The maximum absolute atomic E-state index is 11.8. The molecule has 0 unspecified atom stereocenters. The smallest absolute Gasteiger partial charge is 0.246 e. The lowest BCUT2D eigenvalue weighted by atomic mass is 9.92. The lowest BCUT2D eigenvalue weighted by molar-refractivity contribution is -0.125. The van der Waals surface area contributed by atoms with E-state index < -0.39 is 0 Å². The SMILES string of the molecule is CCOCC(=O)NC[C@H](Cc1ccc(Cl)cc1)c1ccc(Cl)cc1. The molecule has 0 saturated heterocycles. The molecule has 1 atom stereocenters. The first-order valence-electron chi connectivity index (χ1n) is 7.93. The number of amides is 1. The quantitative estimate of drug-likeness (QED) is 0.749. The maximum atomic E-state index is 11.8. The van der Waals surface area contributed by atoms with Crippen LogP contribution in [-0.2, 0) is 16.0 Å². The number of ether oxygens (including phenoxy) is 1. The van der Waals surface area contributed by atoms with E-state index in [4.69, 9.17) is 27.9 Å². The Bertz CT molecular complexity index is 641. The van der Waals surface area contributed by atoms with Gasteiger partial charge in [-0.3, -0.25) is 4.79 Å². The fraction of sp³-hybridized carbons (Fsp3) is 0.316. The number of carbonyl (C=O) groups is 1. The number of carbonyl (C=O) groups excluding carboxylic acids is 1. The highest BCUT2D eigenvalue weighted by atomic mass is 35.5. The van der Waals surface area contributed by atoms with E-state index in [0.29, 0.717) is 23.2 Å². The van der Waals surface area contributed by atoms with Crippen molar-refractivity contribution in [2.45, 2.75) is 19.3 Å². The maximum Gasteiger partial charge on any atom is 0.246 e. The zero-order chi connectivity index (χ0) is 17.4. The third kappa shape index (κ3) is 6.16. The van der Waals surface area contributed by atoms with Crippen LogP contribution >= 0.6 is 23.2 Å². The van der Waals surface area contributed by atoms with Crippen LogP contribution in [0.3, 0.4) is 0 Å². The Morgan fingerprint density at radius 3 is 2.21 bits per heavy atom. The van der Waals surface area contributed by atoms with Crippen molar-refractivity contribution in [3.63, 3.8) is 0 Å². The molecule has 5 heteroatoms. The molecular weight excluding hydrogens is 345 g/mol. The number of halogens is 2. The van der Waals surface area contributed by atoms with Gasteiger partial charge in [0.05, 0.1) is 0 Å². The van der Waals surface area contributed by atoms with E-state index in [1.807, 2.05) is 55.5 Å². The number of hydrogen-bond acceptors (Lipinski definition) is 2. The molecule has 24 heavy (non-hydrogen) atoms. The van der Waals surface area contributed by atoms with Crippen LogP contribution in [0.15, 0.2) is 48.5 Å². The first-order valence-corrected chi connectivity index (χ1v) is 8.68. The Balaban J connectivity index is 2.07. The molecule has 0 aliphatic rings. The van der Waals surface area contributed by atoms with Crippen LogP contribution in [0.1, 0.15) is 24.0 Å². The van der Waals surface area contributed by atoms with Crippen LogP contribution in [0.4, 0.5) is 0 Å². The molecule has 0 fully saturated rings. The summed E-state index contributed by atoms with van der Waals surface area (Å²) in [6.45, 7) is 3.02. The van der Waals surface area contributed by atoms with E-state index in [1.54, 1.807) is 0 Å².